The minimum Gasteiger partial charge on any atom is -0.369 e. The molecule has 2 N–H and O–H groups in total. The van der Waals surface area contributed by atoms with Crippen molar-refractivity contribution in [1.82, 2.24) is 4.98 Å². The van der Waals surface area contributed by atoms with Crippen molar-refractivity contribution >= 4 is 5.91 Å². The highest BCUT2D eigenvalue weighted by Crippen LogP contribution is 2.33. The molecular formula is C14H18N2O. The molecule has 0 saturated heterocycles. The van der Waals surface area contributed by atoms with Crippen LogP contribution in [0.1, 0.15) is 54.1 Å². The van der Waals surface area contributed by atoms with E-state index >= 15 is 0 Å². The van der Waals surface area contributed by atoms with Gasteiger partial charge in [0, 0.05) is 5.69 Å². The van der Waals surface area contributed by atoms with Crippen LogP contribution in [0.3, 0.4) is 0 Å². The number of primary amides is 1. The summed E-state index contributed by atoms with van der Waals surface area (Å²) in [6.07, 6.45) is 7.69. The number of carbonyl (C=O) groups excluding carboxylic acids is 1. The predicted molar refractivity (Wildman–Crippen MR) is 65.8 cm³/mol. The molecule has 1 aromatic rings. The van der Waals surface area contributed by atoms with E-state index in [1.54, 1.807) is 0 Å². The molecule has 2 aliphatic rings. The first-order valence-electron chi connectivity index (χ1n) is 6.56. The first-order valence-corrected chi connectivity index (χ1v) is 6.56. The summed E-state index contributed by atoms with van der Waals surface area (Å²) in [7, 11) is 0. The Morgan fingerprint density at radius 2 is 1.94 bits per heavy atom. The normalized spacial score (nSPS) is 22.7. The number of carbonyl (C=O) groups is 1. The Morgan fingerprint density at radius 3 is 2.76 bits per heavy atom. The van der Waals surface area contributed by atoms with Crippen molar-refractivity contribution in [1.29, 1.82) is 0 Å². The van der Waals surface area contributed by atoms with Crippen molar-refractivity contribution in [3.05, 3.63) is 28.6 Å². The molecule has 0 fully saturated rings. The van der Waals surface area contributed by atoms with E-state index < -0.39 is 0 Å². The average molecular weight is 230 g/mol. The number of amides is 1. The SMILES string of the molecule is NC(=O)C1CCCc2cc3c(nc21)CCCC3. The lowest BCUT2D eigenvalue weighted by Crippen LogP contribution is -2.27. The lowest BCUT2D eigenvalue weighted by molar-refractivity contribution is -0.119. The smallest absolute Gasteiger partial charge is 0.226 e. The van der Waals surface area contributed by atoms with E-state index in [0.29, 0.717) is 0 Å². The Hall–Kier alpha value is -1.38. The first-order chi connectivity index (χ1) is 8.25. The van der Waals surface area contributed by atoms with Gasteiger partial charge in [0.05, 0.1) is 11.6 Å². The van der Waals surface area contributed by atoms with Crippen LogP contribution in [0.15, 0.2) is 6.07 Å². The van der Waals surface area contributed by atoms with Gasteiger partial charge in [-0.05, 0) is 56.1 Å². The van der Waals surface area contributed by atoms with Crippen molar-refractivity contribution in [2.45, 2.75) is 50.9 Å². The quantitative estimate of drug-likeness (QED) is 0.800. The maximum absolute atomic E-state index is 11.5. The lowest BCUT2D eigenvalue weighted by atomic mass is 9.83. The molecule has 1 amide bonds. The van der Waals surface area contributed by atoms with E-state index in [1.165, 1.54) is 29.7 Å². The number of nitrogens with two attached hydrogens (primary N) is 1. The minimum atomic E-state index is -0.214. The van der Waals surface area contributed by atoms with Crippen LogP contribution in [0, 0.1) is 0 Å². The van der Waals surface area contributed by atoms with E-state index in [-0.39, 0.29) is 11.8 Å². The van der Waals surface area contributed by atoms with Crippen LogP contribution in [0.4, 0.5) is 0 Å². The van der Waals surface area contributed by atoms with Gasteiger partial charge in [0.25, 0.3) is 0 Å². The molecule has 90 valence electrons. The second-order valence-electron chi connectivity index (χ2n) is 5.19. The molecule has 3 heteroatoms. The highest BCUT2D eigenvalue weighted by Gasteiger charge is 2.27. The largest absolute Gasteiger partial charge is 0.369 e. The van der Waals surface area contributed by atoms with Gasteiger partial charge in [-0.15, -0.1) is 0 Å². The maximum atomic E-state index is 11.5. The topological polar surface area (TPSA) is 56.0 Å². The van der Waals surface area contributed by atoms with E-state index in [4.69, 9.17) is 10.7 Å². The van der Waals surface area contributed by atoms with Crippen LogP contribution in [0.5, 0.6) is 0 Å². The Kier molecular flexibility index (Phi) is 2.61. The molecule has 0 aliphatic heterocycles. The summed E-state index contributed by atoms with van der Waals surface area (Å²) in [5.41, 5.74) is 10.3. The molecule has 17 heavy (non-hydrogen) atoms. The summed E-state index contributed by atoms with van der Waals surface area (Å²) in [5.74, 6) is -0.361. The molecule has 2 aliphatic carbocycles. The molecule has 0 bridgehead atoms. The maximum Gasteiger partial charge on any atom is 0.226 e. The summed E-state index contributed by atoms with van der Waals surface area (Å²) in [5, 5.41) is 0. The van der Waals surface area contributed by atoms with Gasteiger partial charge in [0.1, 0.15) is 0 Å². The van der Waals surface area contributed by atoms with Crippen LogP contribution < -0.4 is 5.73 Å². The Bertz CT molecular complexity index is 468. The van der Waals surface area contributed by atoms with Crippen LogP contribution >= 0.6 is 0 Å². The molecule has 0 aromatic carbocycles. The summed E-state index contributed by atoms with van der Waals surface area (Å²) in [6, 6.07) is 2.28. The lowest BCUT2D eigenvalue weighted by Gasteiger charge is -2.25. The molecule has 0 saturated carbocycles. The van der Waals surface area contributed by atoms with Crippen LogP contribution in [0.2, 0.25) is 0 Å². The number of nitrogens with zero attached hydrogens (tertiary/aromatic N) is 1. The molecular weight excluding hydrogens is 212 g/mol. The fraction of sp³-hybridized carbons (Fsp3) is 0.571. The van der Waals surface area contributed by atoms with E-state index in [1.807, 2.05) is 0 Å². The summed E-state index contributed by atoms with van der Waals surface area (Å²) in [4.78, 5) is 16.2. The molecule has 1 atom stereocenters. The molecule has 1 aromatic heterocycles. The zero-order valence-corrected chi connectivity index (χ0v) is 10.0. The van der Waals surface area contributed by atoms with Crippen molar-refractivity contribution in [2.75, 3.05) is 0 Å². The third kappa shape index (κ3) is 1.84. The second-order valence-corrected chi connectivity index (χ2v) is 5.19. The highest BCUT2D eigenvalue weighted by molar-refractivity contribution is 5.82. The van der Waals surface area contributed by atoms with Crippen molar-refractivity contribution < 1.29 is 4.79 Å². The van der Waals surface area contributed by atoms with Crippen LogP contribution in [-0.2, 0) is 24.1 Å². The second kappa shape index (κ2) is 4.13. The average Bonchev–Trinajstić information content (AvgIpc) is 2.35. The Morgan fingerprint density at radius 1 is 1.18 bits per heavy atom. The van der Waals surface area contributed by atoms with Gasteiger partial charge in [-0.1, -0.05) is 6.07 Å². The first kappa shape index (κ1) is 10.8. The van der Waals surface area contributed by atoms with E-state index in [0.717, 1.165) is 37.8 Å². The van der Waals surface area contributed by atoms with E-state index in [2.05, 4.69) is 6.07 Å². The Balaban J connectivity index is 2.07. The van der Waals surface area contributed by atoms with Crippen LogP contribution in [-0.4, -0.2) is 10.9 Å². The van der Waals surface area contributed by atoms with Crippen LogP contribution in [0.25, 0.3) is 0 Å². The fourth-order valence-electron chi connectivity index (χ4n) is 3.11. The molecule has 3 nitrogen and oxygen atoms in total. The van der Waals surface area contributed by atoms with Gasteiger partial charge in [-0.3, -0.25) is 9.78 Å². The monoisotopic (exact) mass is 230 g/mol. The standard InChI is InChI=1S/C14H18N2O/c15-14(17)11-6-3-5-10-8-9-4-1-2-7-12(9)16-13(10)11/h8,11H,1-7H2,(H2,15,17). The highest BCUT2D eigenvalue weighted by atomic mass is 16.1. The van der Waals surface area contributed by atoms with Crippen molar-refractivity contribution in [2.24, 2.45) is 5.73 Å². The number of hydrogen-bond acceptors (Lipinski definition) is 2. The molecule has 1 unspecified atom stereocenters. The minimum absolute atomic E-state index is 0.147. The molecule has 1 heterocycles. The number of aromatic nitrogens is 1. The number of pyridine rings is 1. The third-order valence-electron chi connectivity index (χ3n) is 4.03. The van der Waals surface area contributed by atoms with Gasteiger partial charge in [0.2, 0.25) is 5.91 Å². The van der Waals surface area contributed by atoms with Gasteiger partial charge in [-0.2, -0.15) is 0 Å². The molecule has 3 rings (SSSR count). The number of rotatable bonds is 1. The zero-order chi connectivity index (χ0) is 11.8. The molecule has 0 spiro atoms. The number of aryl methyl sites for hydroxylation is 3. The fourth-order valence-corrected chi connectivity index (χ4v) is 3.11. The van der Waals surface area contributed by atoms with Gasteiger partial charge in [0.15, 0.2) is 0 Å². The molecule has 0 radical (unpaired) electrons. The third-order valence-corrected chi connectivity index (χ3v) is 4.03. The van der Waals surface area contributed by atoms with E-state index in [9.17, 15) is 4.79 Å². The van der Waals surface area contributed by atoms with Gasteiger partial charge < -0.3 is 5.73 Å². The van der Waals surface area contributed by atoms with Crippen molar-refractivity contribution in [3.8, 4) is 0 Å². The van der Waals surface area contributed by atoms with Gasteiger partial charge >= 0.3 is 0 Å². The summed E-state index contributed by atoms with van der Waals surface area (Å²) >= 11 is 0. The van der Waals surface area contributed by atoms with Crippen molar-refractivity contribution in [3.63, 3.8) is 0 Å². The number of fused-ring (bicyclic) bond motifs is 2. The summed E-state index contributed by atoms with van der Waals surface area (Å²) < 4.78 is 0. The van der Waals surface area contributed by atoms with Gasteiger partial charge in [-0.25, -0.2) is 0 Å². The summed E-state index contributed by atoms with van der Waals surface area (Å²) in [6.45, 7) is 0. The number of hydrogen-bond donors (Lipinski definition) is 1. The zero-order valence-electron chi connectivity index (χ0n) is 10.0. The predicted octanol–water partition coefficient (Wildman–Crippen LogP) is 1.87. The Labute approximate surface area is 101 Å².